The number of ether oxygens (including phenoxy) is 1. The van der Waals surface area contributed by atoms with Crippen molar-refractivity contribution in [2.75, 3.05) is 18.9 Å². The fourth-order valence-corrected chi connectivity index (χ4v) is 3.75. The molecule has 0 saturated carbocycles. The van der Waals surface area contributed by atoms with Crippen LogP contribution in [-0.2, 0) is 14.6 Å². The van der Waals surface area contributed by atoms with Gasteiger partial charge in [-0.05, 0) is 49.7 Å². The summed E-state index contributed by atoms with van der Waals surface area (Å²) in [5, 5.41) is 3.13. The van der Waals surface area contributed by atoms with Crippen molar-refractivity contribution in [3.05, 3.63) is 58.6 Å². The molecule has 0 aliphatic heterocycles. The fourth-order valence-electron chi connectivity index (χ4n) is 2.39. The van der Waals surface area contributed by atoms with Crippen molar-refractivity contribution >= 4 is 27.3 Å². The van der Waals surface area contributed by atoms with E-state index >= 15 is 0 Å². The summed E-state index contributed by atoms with van der Waals surface area (Å²) in [4.78, 5) is 12.0. The zero-order valence-electron chi connectivity index (χ0n) is 14.8. The second-order valence-electron chi connectivity index (χ2n) is 5.99. The van der Waals surface area contributed by atoms with Crippen LogP contribution >= 0.6 is 11.6 Å². The van der Waals surface area contributed by atoms with Gasteiger partial charge in [-0.15, -0.1) is 0 Å². The van der Waals surface area contributed by atoms with E-state index in [1.54, 1.807) is 0 Å². The topological polar surface area (TPSA) is 72.5 Å². The standard InChI is InChI=1S/C19H22ClNO4S/c1-14-3-8-18(15(2)13-14)25-11-10-21-19(22)9-12-26(23,24)17-6-4-16(20)5-7-17/h3-8,13H,9-12H2,1-2H3,(H,21,22). The van der Waals surface area contributed by atoms with E-state index in [9.17, 15) is 13.2 Å². The van der Waals surface area contributed by atoms with E-state index in [2.05, 4.69) is 5.32 Å². The number of halogens is 1. The summed E-state index contributed by atoms with van der Waals surface area (Å²) in [6.45, 7) is 4.60. The molecule has 1 N–H and O–H groups in total. The van der Waals surface area contributed by atoms with Gasteiger partial charge >= 0.3 is 0 Å². The Hall–Kier alpha value is -2.05. The maximum Gasteiger partial charge on any atom is 0.221 e. The third-order valence-corrected chi connectivity index (χ3v) is 5.77. The quantitative estimate of drug-likeness (QED) is 0.696. The molecule has 1 amide bonds. The smallest absolute Gasteiger partial charge is 0.221 e. The molecule has 5 nitrogen and oxygen atoms in total. The summed E-state index contributed by atoms with van der Waals surface area (Å²) in [7, 11) is -3.51. The molecule has 0 radical (unpaired) electrons. The zero-order chi connectivity index (χ0) is 19.2. The van der Waals surface area contributed by atoms with Crippen LogP contribution in [0.1, 0.15) is 17.5 Å². The SMILES string of the molecule is Cc1ccc(OCCNC(=O)CCS(=O)(=O)c2ccc(Cl)cc2)c(C)c1. The number of sulfone groups is 1. The van der Waals surface area contributed by atoms with Gasteiger partial charge in [0.1, 0.15) is 12.4 Å². The van der Waals surface area contributed by atoms with Crippen LogP contribution < -0.4 is 10.1 Å². The second-order valence-corrected chi connectivity index (χ2v) is 8.54. The maximum absolute atomic E-state index is 12.2. The fraction of sp³-hybridized carbons (Fsp3) is 0.316. The number of nitrogens with one attached hydrogen (secondary N) is 1. The van der Waals surface area contributed by atoms with Crippen molar-refractivity contribution in [2.24, 2.45) is 0 Å². The molecule has 2 aromatic rings. The molecule has 2 aromatic carbocycles. The highest BCUT2D eigenvalue weighted by molar-refractivity contribution is 7.91. The first-order valence-corrected chi connectivity index (χ1v) is 10.3. The first-order chi connectivity index (χ1) is 12.3. The predicted molar refractivity (Wildman–Crippen MR) is 103 cm³/mol. The van der Waals surface area contributed by atoms with E-state index in [4.69, 9.17) is 16.3 Å². The molecule has 0 atom stereocenters. The van der Waals surface area contributed by atoms with Crippen molar-refractivity contribution in [3.63, 3.8) is 0 Å². The molecular formula is C19H22ClNO4S. The Bertz CT molecular complexity index is 864. The summed E-state index contributed by atoms with van der Waals surface area (Å²) in [5.74, 6) is 0.195. The molecule has 0 unspecified atom stereocenters. The highest BCUT2D eigenvalue weighted by atomic mass is 35.5. The molecule has 0 spiro atoms. The summed E-state index contributed by atoms with van der Waals surface area (Å²) in [6, 6.07) is 11.8. The number of amides is 1. The molecule has 0 aliphatic rings. The van der Waals surface area contributed by atoms with E-state index in [0.29, 0.717) is 18.2 Å². The first kappa shape index (κ1) is 20.3. The minimum Gasteiger partial charge on any atom is -0.491 e. The lowest BCUT2D eigenvalue weighted by molar-refractivity contribution is -0.120. The maximum atomic E-state index is 12.2. The molecule has 0 fully saturated rings. The van der Waals surface area contributed by atoms with Crippen molar-refractivity contribution in [1.29, 1.82) is 0 Å². The normalized spacial score (nSPS) is 11.2. The molecule has 7 heteroatoms. The van der Waals surface area contributed by atoms with Gasteiger partial charge < -0.3 is 10.1 Å². The Morgan fingerprint density at radius 1 is 1.12 bits per heavy atom. The predicted octanol–water partition coefficient (Wildman–Crippen LogP) is 3.32. The van der Waals surface area contributed by atoms with E-state index in [-0.39, 0.29) is 23.0 Å². The van der Waals surface area contributed by atoms with Crippen LogP contribution in [0.4, 0.5) is 0 Å². The van der Waals surface area contributed by atoms with Gasteiger partial charge in [-0.3, -0.25) is 4.79 Å². The highest BCUT2D eigenvalue weighted by Gasteiger charge is 2.16. The molecule has 0 saturated heterocycles. The van der Waals surface area contributed by atoms with Gasteiger partial charge in [0.25, 0.3) is 0 Å². The number of carbonyl (C=O) groups excluding carboxylic acids is 1. The van der Waals surface area contributed by atoms with Gasteiger partial charge in [-0.2, -0.15) is 0 Å². The zero-order valence-corrected chi connectivity index (χ0v) is 16.4. The van der Waals surface area contributed by atoms with Gasteiger partial charge in [-0.1, -0.05) is 29.3 Å². The lowest BCUT2D eigenvalue weighted by Gasteiger charge is -2.10. The summed E-state index contributed by atoms with van der Waals surface area (Å²) >= 11 is 5.75. The molecule has 0 heterocycles. The molecule has 140 valence electrons. The summed E-state index contributed by atoms with van der Waals surface area (Å²) in [6.07, 6.45) is -0.103. The third-order valence-electron chi connectivity index (χ3n) is 3.78. The molecular weight excluding hydrogens is 374 g/mol. The minimum atomic E-state index is -3.51. The largest absolute Gasteiger partial charge is 0.491 e. The monoisotopic (exact) mass is 395 g/mol. The number of carbonyl (C=O) groups is 1. The van der Waals surface area contributed by atoms with Gasteiger partial charge in [0, 0.05) is 11.4 Å². The van der Waals surface area contributed by atoms with Gasteiger partial charge in [-0.25, -0.2) is 8.42 Å². The van der Waals surface area contributed by atoms with E-state index < -0.39 is 9.84 Å². The van der Waals surface area contributed by atoms with Crippen LogP contribution in [0.5, 0.6) is 5.75 Å². The lowest BCUT2D eigenvalue weighted by atomic mass is 10.1. The summed E-state index contributed by atoms with van der Waals surface area (Å²) in [5.41, 5.74) is 2.19. The van der Waals surface area contributed by atoms with Crippen LogP contribution in [0.2, 0.25) is 5.02 Å². The Morgan fingerprint density at radius 3 is 2.46 bits per heavy atom. The van der Waals surface area contributed by atoms with Crippen molar-refractivity contribution in [2.45, 2.75) is 25.2 Å². The minimum absolute atomic E-state index is 0.103. The van der Waals surface area contributed by atoms with Gasteiger partial charge in [0.15, 0.2) is 9.84 Å². The van der Waals surface area contributed by atoms with Crippen molar-refractivity contribution in [1.82, 2.24) is 5.32 Å². The number of benzene rings is 2. The number of hydrogen-bond donors (Lipinski definition) is 1. The Kier molecular flexibility index (Phi) is 7.06. The highest BCUT2D eigenvalue weighted by Crippen LogP contribution is 2.18. The Labute approximate surface area is 159 Å². The van der Waals surface area contributed by atoms with Gasteiger partial charge in [0.2, 0.25) is 5.91 Å². The van der Waals surface area contributed by atoms with E-state index in [0.717, 1.165) is 16.9 Å². The van der Waals surface area contributed by atoms with Crippen LogP contribution in [0.3, 0.4) is 0 Å². The average Bonchev–Trinajstić information content (AvgIpc) is 2.59. The van der Waals surface area contributed by atoms with E-state index in [1.165, 1.54) is 24.3 Å². The van der Waals surface area contributed by atoms with Crippen molar-refractivity contribution < 1.29 is 17.9 Å². The number of aryl methyl sites for hydroxylation is 2. The Morgan fingerprint density at radius 2 is 1.81 bits per heavy atom. The molecule has 2 rings (SSSR count). The van der Waals surface area contributed by atoms with Crippen LogP contribution in [0.15, 0.2) is 47.4 Å². The number of rotatable bonds is 8. The van der Waals surface area contributed by atoms with Crippen LogP contribution in [0.25, 0.3) is 0 Å². The Balaban J connectivity index is 1.74. The van der Waals surface area contributed by atoms with Crippen LogP contribution in [0, 0.1) is 13.8 Å². The summed E-state index contributed by atoms with van der Waals surface area (Å²) < 4.78 is 30.0. The lowest BCUT2D eigenvalue weighted by Crippen LogP contribution is -2.29. The van der Waals surface area contributed by atoms with Crippen LogP contribution in [-0.4, -0.2) is 33.2 Å². The first-order valence-electron chi connectivity index (χ1n) is 8.23. The molecule has 0 aromatic heterocycles. The average molecular weight is 396 g/mol. The molecule has 0 bridgehead atoms. The molecule has 26 heavy (non-hydrogen) atoms. The third kappa shape index (κ3) is 6.04. The number of hydrogen-bond acceptors (Lipinski definition) is 4. The molecule has 0 aliphatic carbocycles. The van der Waals surface area contributed by atoms with Crippen molar-refractivity contribution in [3.8, 4) is 5.75 Å². The van der Waals surface area contributed by atoms with E-state index in [1.807, 2.05) is 32.0 Å². The second kappa shape index (κ2) is 9.05. The van der Waals surface area contributed by atoms with Gasteiger partial charge in [0.05, 0.1) is 17.2 Å².